The first-order valence-corrected chi connectivity index (χ1v) is 4.83. The minimum atomic E-state index is 0.403. The molecule has 0 unspecified atom stereocenters. The molecule has 0 fully saturated rings. The maximum atomic E-state index is 5.17. The SMILES string of the molecule is C#CCOCCC(C)CCOCC#C. The smallest absolute Gasteiger partial charge is 0.107 e. The van der Waals surface area contributed by atoms with Crippen LogP contribution < -0.4 is 0 Å². The van der Waals surface area contributed by atoms with Crippen molar-refractivity contribution in [3.05, 3.63) is 0 Å². The summed E-state index contributed by atoms with van der Waals surface area (Å²) in [4.78, 5) is 0. The molecular formula is C12H18O2. The number of ether oxygens (including phenoxy) is 2. The van der Waals surface area contributed by atoms with Crippen LogP contribution in [0.25, 0.3) is 0 Å². The Balaban J connectivity index is 3.16. The summed E-state index contributed by atoms with van der Waals surface area (Å²) in [6, 6.07) is 0. The molecular weight excluding hydrogens is 176 g/mol. The maximum Gasteiger partial charge on any atom is 0.107 e. The van der Waals surface area contributed by atoms with Crippen molar-refractivity contribution in [1.29, 1.82) is 0 Å². The molecule has 0 amide bonds. The van der Waals surface area contributed by atoms with E-state index < -0.39 is 0 Å². The molecule has 0 aromatic carbocycles. The summed E-state index contributed by atoms with van der Waals surface area (Å²) in [5.41, 5.74) is 0. The zero-order valence-corrected chi connectivity index (χ0v) is 8.79. The van der Waals surface area contributed by atoms with E-state index in [1.807, 2.05) is 0 Å². The van der Waals surface area contributed by atoms with Gasteiger partial charge in [-0.15, -0.1) is 12.8 Å². The monoisotopic (exact) mass is 194 g/mol. The number of hydrogen-bond donors (Lipinski definition) is 0. The van der Waals surface area contributed by atoms with Gasteiger partial charge in [-0.1, -0.05) is 18.8 Å². The predicted molar refractivity (Wildman–Crippen MR) is 57.7 cm³/mol. The highest BCUT2D eigenvalue weighted by Gasteiger charge is 2.01. The summed E-state index contributed by atoms with van der Waals surface area (Å²) < 4.78 is 10.3. The van der Waals surface area contributed by atoms with E-state index in [0.717, 1.165) is 26.1 Å². The highest BCUT2D eigenvalue weighted by Crippen LogP contribution is 2.07. The van der Waals surface area contributed by atoms with Gasteiger partial charge in [-0.25, -0.2) is 0 Å². The van der Waals surface area contributed by atoms with Crippen LogP contribution in [-0.2, 0) is 9.47 Å². The Morgan fingerprint density at radius 2 is 1.43 bits per heavy atom. The van der Waals surface area contributed by atoms with E-state index >= 15 is 0 Å². The second-order valence-electron chi connectivity index (χ2n) is 3.20. The predicted octanol–water partition coefficient (Wildman–Crippen LogP) is 1.70. The Hall–Kier alpha value is -0.960. The van der Waals surface area contributed by atoms with Gasteiger partial charge in [0.25, 0.3) is 0 Å². The first kappa shape index (κ1) is 13.0. The van der Waals surface area contributed by atoms with Gasteiger partial charge in [-0.3, -0.25) is 0 Å². The summed E-state index contributed by atoms with van der Waals surface area (Å²) >= 11 is 0. The van der Waals surface area contributed by atoms with Gasteiger partial charge in [0, 0.05) is 13.2 Å². The molecule has 0 aliphatic heterocycles. The molecule has 0 aromatic heterocycles. The lowest BCUT2D eigenvalue weighted by atomic mass is 10.1. The van der Waals surface area contributed by atoms with Crippen LogP contribution in [0.4, 0.5) is 0 Å². The van der Waals surface area contributed by atoms with Gasteiger partial charge in [0.05, 0.1) is 0 Å². The Morgan fingerprint density at radius 3 is 1.79 bits per heavy atom. The largest absolute Gasteiger partial charge is 0.369 e. The topological polar surface area (TPSA) is 18.5 Å². The van der Waals surface area contributed by atoms with E-state index in [2.05, 4.69) is 18.8 Å². The van der Waals surface area contributed by atoms with Crippen LogP contribution in [0.1, 0.15) is 19.8 Å². The third-order valence-electron chi connectivity index (χ3n) is 1.88. The lowest BCUT2D eigenvalue weighted by Crippen LogP contribution is -2.06. The zero-order chi connectivity index (χ0) is 10.6. The Bertz CT molecular complexity index is 175. The molecule has 0 bridgehead atoms. The molecule has 0 aromatic rings. The molecule has 2 heteroatoms. The van der Waals surface area contributed by atoms with Gasteiger partial charge in [0.2, 0.25) is 0 Å². The molecule has 2 nitrogen and oxygen atoms in total. The van der Waals surface area contributed by atoms with Crippen molar-refractivity contribution in [3.63, 3.8) is 0 Å². The van der Waals surface area contributed by atoms with Crippen LogP contribution in [-0.4, -0.2) is 26.4 Å². The van der Waals surface area contributed by atoms with E-state index in [9.17, 15) is 0 Å². The maximum absolute atomic E-state index is 5.17. The van der Waals surface area contributed by atoms with E-state index in [1.165, 1.54) is 0 Å². The van der Waals surface area contributed by atoms with E-state index in [-0.39, 0.29) is 0 Å². The van der Waals surface area contributed by atoms with Gasteiger partial charge in [0.15, 0.2) is 0 Å². The average molecular weight is 194 g/mol. The molecule has 0 heterocycles. The Kier molecular flexibility index (Phi) is 9.43. The fourth-order valence-electron chi connectivity index (χ4n) is 0.976. The van der Waals surface area contributed by atoms with Crippen LogP contribution in [0, 0.1) is 30.6 Å². The van der Waals surface area contributed by atoms with Crippen LogP contribution in [0.15, 0.2) is 0 Å². The second-order valence-corrected chi connectivity index (χ2v) is 3.20. The van der Waals surface area contributed by atoms with Gasteiger partial charge < -0.3 is 9.47 Å². The molecule has 0 radical (unpaired) electrons. The molecule has 78 valence electrons. The van der Waals surface area contributed by atoms with Gasteiger partial charge in [-0.05, 0) is 18.8 Å². The minimum Gasteiger partial charge on any atom is -0.369 e. The fourth-order valence-corrected chi connectivity index (χ4v) is 0.976. The van der Waals surface area contributed by atoms with Crippen molar-refractivity contribution in [2.75, 3.05) is 26.4 Å². The average Bonchev–Trinajstić information content (AvgIpc) is 2.19. The molecule has 0 saturated carbocycles. The molecule has 0 rings (SSSR count). The normalized spacial score (nSPS) is 9.71. The molecule has 0 aliphatic carbocycles. The molecule has 0 spiro atoms. The van der Waals surface area contributed by atoms with E-state index in [1.54, 1.807) is 0 Å². The summed E-state index contributed by atoms with van der Waals surface area (Å²) in [6.45, 7) is 4.42. The van der Waals surface area contributed by atoms with Gasteiger partial charge in [-0.2, -0.15) is 0 Å². The Morgan fingerprint density at radius 1 is 1.00 bits per heavy atom. The van der Waals surface area contributed by atoms with Gasteiger partial charge >= 0.3 is 0 Å². The highest BCUT2D eigenvalue weighted by molar-refractivity contribution is 4.83. The third kappa shape index (κ3) is 9.13. The quantitative estimate of drug-likeness (QED) is 0.432. The minimum absolute atomic E-state index is 0.403. The van der Waals surface area contributed by atoms with Gasteiger partial charge in [0.1, 0.15) is 13.2 Å². The standard InChI is InChI=1S/C12H18O2/c1-4-8-13-10-6-12(3)7-11-14-9-5-2/h1-2,12H,6-11H2,3H3. The lowest BCUT2D eigenvalue weighted by Gasteiger charge is -2.10. The van der Waals surface area contributed by atoms with Crippen molar-refractivity contribution < 1.29 is 9.47 Å². The highest BCUT2D eigenvalue weighted by atomic mass is 16.5. The second kappa shape index (κ2) is 10.1. The summed E-state index contributed by atoms with van der Waals surface area (Å²) in [6.07, 6.45) is 12.1. The third-order valence-corrected chi connectivity index (χ3v) is 1.88. The molecule has 0 saturated heterocycles. The summed E-state index contributed by atoms with van der Waals surface area (Å²) in [5, 5.41) is 0. The van der Waals surface area contributed by atoms with Crippen molar-refractivity contribution in [2.24, 2.45) is 5.92 Å². The van der Waals surface area contributed by atoms with Crippen molar-refractivity contribution in [2.45, 2.75) is 19.8 Å². The molecule has 0 aliphatic rings. The summed E-state index contributed by atoms with van der Waals surface area (Å²) in [5.74, 6) is 5.45. The molecule has 14 heavy (non-hydrogen) atoms. The van der Waals surface area contributed by atoms with Crippen molar-refractivity contribution >= 4 is 0 Å². The number of hydrogen-bond acceptors (Lipinski definition) is 2. The number of rotatable bonds is 8. The Labute approximate surface area is 87.0 Å². The van der Waals surface area contributed by atoms with E-state index in [0.29, 0.717) is 19.1 Å². The lowest BCUT2D eigenvalue weighted by molar-refractivity contribution is 0.126. The van der Waals surface area contributed by atoms with Crippen LogP contribution in [0.3, 0.4) is 0 Å². The number of terminal acetylenes is 2. The first-order valence-electron chi connectivity index (χ1n) is 4.83. The van der Waals surface area contributed by atoms with Crippen LogP contribution >= 0.6 is 0 Å². The molecule has 0 N–H and O–H groups in total. The fraction of sp³-hybridized carbons (Fsp3) is 0.667. The van der Waals surface area contributed by atoms with Crippen molar-refractivity contribution in [1.82, 2.24) is 0 Å². The first-order chi connectivity index (χ1) is 6.81. The van der Waals surface area contributed by atoms with E-state index in [4.69, 9.17) is 22.3 Å². The van der Waals surface area contributed by atoms with Crippen LogP contribution in [0.5, 0.6) is 0 Å². The van der Waals surface area contributed by atoms with Crippen molar-refractivity contribution in [3.8, 4) is 24.7 Å². The molecule has 0 atom stereocenters. The zero-order valence-electron chi connectivity index (χ0n) is 8.79. The summed E-state index contributed by atoms with van der Waals surface area (Å²) in [7, 11) is 0. The van der Waals surface area contributed by atoms with Crippen LogP contribution in [0.2, 0.25) is 0 Å².